The molecule has 0 unspecified atom stereocenters. The summed E-state index contributed by atoms with van der Waals surface area (Å²) in [6.45, 7) is 5.70. The van der Waals surface area contributed by atoms with Crippen LogP contribution in [0.5, 0.6) is 0 Å². The van der Waals surface area contributed by atoms with Gasteiger partial charge in [0.05, 0.1) is 6.54 Å². The number of carbonyl (C=O) groups excluding carboxylic acids is 2. The minimum atomic E-state index is -0.310. The fourth-order valence-electron chi connectivity index (χ4n) is 2.90. The summed E-state index contributed by atoms with van der Waals surface area (Å²) in [4.78, 5) is 26.4. The summed E-state index contributed by atoms with van der Waals surface area (Å²) in [6.07, 6.45) is 0. The lowest BCUT2D eigenvalue weighted by Crippen LogP contribution is -2.35. The van der Waals surface area contributed by atoms with E-state index in [1.54, 1.807) is 7.05 Å². The Morgan fingerprint density at radius 3 is 2.54 bits per heavy atom. The van der Waals surface area contributed by atoms with Gasteiger partial charge >= 0.3 is 0 Å². The fourth-order valence-corrected chi connectivity index (χ4v) is 2.90. The number of para-hydroxylation sites is 1. The predicted molar refractivity (Wildman–Crippen MR) is 102 cm³/mol. The average Bonchev–Trinajstić information content (AvgIpc) is 2.94. The third-order valence-electron chi connectivity index (χ3n) is 4.43. The SMILES string of the molecule is Cc1ccc(C)c(NC(=O)CN(C)C(=O)c2oc3ccccc3c2C)c1. The van der Waals surface area contributed by atoms with Crippen LogP contribution in [0.3, 0.4) is 0 Å². The largest absolute Gasteiger partial charge is 0.451 e. The Kier molecular flexibility index (Phi) is 4.80. The second-order valence-electron chi connectivity index (χ2n) is 6.58. The molecule has 0 saturated heterocycles. The van der Waals surface area contributed by atoms with Crippen LogP contribution in [0.2, 0.25) is 0 Å². The topological polar surface area (TPSA) is 62.6 Å². The number of anilines is 1. The predicted octanol–water partition coefficient (Wildman–Crippen LogP) is 4.07. The Bertz CT molecular complexity index is 988. The number of hydrogen-bond acceptors (Lipinski definition) is 3. The van der Waals surface area contributed by atoms with Crippen LogP contribution in [0.25, 0.3) is 11.0 Å². The first kappa shape index (κ1) is 17.7. The van der Waals surface area contributed by atoms with E-state index in [4.69, 9.17) is 4.42 Å². The maximum absolute atomic E-state index is 12.7. The van der Waals surface area contributed by atoms with Crippen LogP contribution in [0, 0.1) is 20.8 Å². The number of aryl methyl sites for hydroxylation is 3. The lowest BCUT2D eigenvalue weighted by Gasteiger charge is -2.16. The summed E-state index contributed by atoms with van der Waals surface area (Å²) < 4.78 is 5.69. The molecule has 0 aliphatic heterocycles. The maximum Gasteiger partial charge on any atom is 0.290 e. The van der Waals surface area contributed by atoms with Gasteiger partial charge in [0.1, 0.15) is 5.58 Å². The smallest absolute Gasteiger partial charge is 0.290 e. The van der Waals surface area contributed by atoms with Gasteiger partial charge in [-0.25, -0.2) is 0 Å². The van der Waals surface area contributed by atoms with Crippen molar-refractivity contribution in [1.29, 1.82) is 0 Å². The third-order valence-corrected chi connectivity index (χ3v) is 4.43. The minimum Gasteiger partial charge on any atom is -0.451 e. The lowest BCUT2D eigenvalue weighted by atomic mass is 10.1. The summed E-state index contributed by atoms with van der Waals surface area (Å²) >= 11 is 0. The van der Waals surface area contributed by atoms with E-state index in [0.717, 1.165) is 27.8 Å². The van der Waals surface area contributed by atoms with Crippen molar-refractivity contribution in [2.45, 2.75) is 20.8 Å². The molecular formula is C21H22N2O3. The van der Waals surface area contributed by atoms with Gasteiger partial charge in [-0.15, -0.1) is 0 Å². The molecule has 0 fully saturated rings. The van der Waals surface area contributed by atoms with E-state index in [9.17, 15) is 9.59 Å². The Hall–Kier alpha value is -3.08. The molecule has 5 heteroatoms. The summed E-state index contributed by atoms with van der Waals surface area (Å²) in [6, 6.07) is 13.4. The molecule has 1 N–H and O–H groups in total. The number of rotatable bonds is 4. The standard InChI is InChI=1S/C21H22N2O3/c1-13-9-10-14(2)17(11-13)22-19(24)12-23(4)21(25)20-15(3)16-7-5-6-8-18(16)26-20/h5-11H,12H2,1-4H3,(H,22,24). The molecule has 2 amide bonds. The first-order valence-electron chi connectivity index (χ1n) is 8.47. The fraction of sp³-hybridized carbons (Fsp3) is 0.238. The van der Waals surface area contributed by atoms with E-state index in [1.807, 2.05) is 63.2 Å². The molecule has 2 aromatic carbocycles. The molecule has 5 nitrogen and oxygen atoms in total. The number of likely N-dealkylation sites (N-methyl/N-ethyl adjacent to an activating group) is 1. The molecule has 1 aromatic heterocycles. The van der Waals surface area contributed by atoms with E-state index in [0.29, 0.717) is 5.58 Å². The first-order valence-corrected chi connectivity index (χ1v) is 8.47. The number of hydrogen-bond donors (Lipinski definition) is 1. The number of nitrogens with zero attached hydrogens (tertiary/aromatic N) is 1. The van der Waals surface area contributed by atoms with Gasteiger partial charge in [-0.2, -0.15) is 0 Å². The second-order valence-corrected chi connectivity index (χ2v) is 6.58. The number of nitrogens with one attached hydrogen (secondary N) is 1. The first-order chi connectivity index (χ1) is 12.4. The molecule has 0 atom stereocenters. The molecule has 0 bridgehead atoms. The number of furan rings is 1. The Balaban J connectivity index is 1.73. The van der Waals surface area contributed by atoms with Crippen LogP contribution in [-0.4, -0.2) is 30.3 Å². The highest BCUT2D eigenvalue weighted by molar-refractivity contribution is 6.01. The molecule has 0 spiro atoms. The van der Waals surface area contributed by atoms with E-state index >= 15 is 0 Å². The Morgan fingerprint density at radius 1 is 1.08 bits per heavy atom. The number of benzene rings is 2. The quantitative estimate of drug-likeness (QED) is 0.771. The van der Waals surface area contributed by atoms with E-state index in [1.165, 1.54) is 4.90 Å². The molecule has 0 aliphatic rings. The Labute approximate surface area is 152 Å². The van der Waals surface area contributed by atoms with Crippen molar-refractivity contribution in [1.82, 2.24) is 4.90 Å². The van der Waals surface area contributed by atoms with Crippen LogP contribution in [0.4, 0.5) is 5.69 Å². The minimum absolute atomic E-state index is 0.0529. The van der Waals surface area contributed by atoms with Gasteiger partial charge < -0.3 is 14.6 Å². The van der Waals surface area contributed by atoms with Crippen molar-refractivity contribution in [3.8, 4) is 0 Å². The third kappa shape index (κ3) is 3.47. The molecule has 0 saturated carbocycles. The maximum atomic E-state index is 12.7. The zero-order valence-electron chi connectivity index (χ0n) is 15.4. The van der Waals surface area contributed by atoms with Gasteiger partial charge in [0, 0.05) is 23.7 Å². The highest BCUT2D eigenvalue weighted by Gasteiger charge is 2.22. The van der Waals surface area contributed by atoms with Crippen molar-refractivity contribution < 1.29 is 14.0 Å². The lowest BCUT2D eigenvalue weighted by molar-refractivity contribution is -0.116. The highest BCUT2D eigenvalue weighted by atomic mass is 16.3. The number of amides is 2. The van der Waals surface area contributed by atoms with Gasteiger partial charge in [-0.1, -0.05) is 30.3 Å². The zero-order valence-corrected chi connectivity index (χ0v) is 15.4. The zero-order chi connectivity index (χ0) is 18.8. The van der Waals surface area contributed by atoms with Crippen LogP contribution >= 0.6 is 0 Å². The number of fused-ring (bicyclic) bond motifs is 1. The van der Waals surface area contributed by atoms with Crippen LogP contribution in [0.15, 0.2) is 46.9 Å². The number of carbonyl (C=O) groups is 2. The molecule has 134 valence electrons. The van der Waals surface area contributed by atoms with E-state index in [-0.39, 0.29) is 24.1 Å². The van der Waals surface area contributed by atoms with Crippen LogP contribution in [-0.2, 0) is 4.79 Å². The molecule has 3 aromatic rings. The summed E-state index contributed by atoms with van der Waals surface area (Å²) in [7, 11) is 1.59. The molecule has 3 rings (SSSR count). The van der Waals surface area contributed by atoms with E-state index < -0.39 is 0 Å². The van der Waals surface area contributed by atoms with Gasteiger partial charge in [0.2, 0.25) is 5.91 Å². The van der Waals surface area contributed by atoms with Crippen molar-refractivity contribution in [2.75, 3.05) is 18.9 Å². The van der Waals surface area contributed by atoms with E-state index in [2.05, 4.69) is 5.32 Å². The molecule has 26 heavy (non-hydrogen) atoms. The van der Waals surface area contributed by atoms with Crippen molar-refractivity contribution in [3.63, 3.8) is 0 Å². The van der Waals surface area contributed by atoms with Crippen LogP contribution in [0.1, 0.15) is 27.2 Å². The normalized spacial score (nSPS) is 10.8. The summed E-state index contributed by atoms with van der Waals surface area (Å²) in [5, 5.41) is 3.77. The molecule has 1 heterocycles. The van der Waals surface area contributed by atoms with Gasteiger partial charge in [-0.05, 0) is 44.0 Å². The highest BCUT2D eigenvalue weighted by Crippen LogP contribution is 2.25. The van der Waals surface area contributed by atoms with Crippen molar-refractivity contribution in [3.05, 3.63) is 64.9 Å². The van der Waals surface area contributed by atoms with Gasteiger partial charge in [0.25, 0.3) is 5.91 Å². The average molecular weight is 350 g/mol. The summed E-state index contributed by atoms with van der Waals surface area (Å²) in [5.41, 5.74) is 4.25. The monoisotopic (exact) mass is 350 g/mol. The van der Waals surface area contributed by atoms with Crippen LogP contribution < -0.4 is 5.32 Å². The Morgan fingerprint density at radius 2 is 1.81 bits per heavy atom. The second kappa shape index (κ2) is 7.04. The molecule has 0 aliphatic carbocycles. The summed E-state index contributed by atoms with van der Waals surface area (Å²) in [5.74, 6) is -0.286. The van der Waals surface area contributed by atoms with Crippen molar-refractivity contribution >= 4 is 28.5 Å². The van der Waals surface area contributed by atoms with Crippen molar-refractivity contribution in [2.24, 2.45) is 0 Å². The van der Waals surface area contributed by atoms with Gasteiger partial charge in [-0.3, -0.25) is 9.59 Å². The molecule has 0 radical (unpaired) electrons. The molecular weight excluding hydrogens is 328 g/mol. The van der Waals surface area contributed by atoms with Gasteiger partial charge in [0.15, 0.2) is 5.76 Å².